The molecule has 0 aliphatic carbocycles. The Bertz CT molecular complexity index is 711. The van der Waals surface area contributed by atoms with Crippen LogP contribution in [0.25, 0.3) is 10.9 Å². The fourth-order valence-corrected chi connectivity index (χ4v) is 3.09. The van der Waals surface area contributed by atoms with Gasteiger partial charge in [0.15, 0.2) is 0 Å². The molecule has 6 heteroatoms. The monoisotopic (exact) mass is 360 g/mol. The van der Waals surface area contributed by atoms with Crippen LogP contribution in [0.2, 0.25) is 0 Å². The molecule has 0 fully saturated rings. The highest BCUT2D eigenvalue weighted by atomic mass is 16.4. The van der Waals surface area contributed by atoms with E-state index in [-0.39, 0.29) is 18.9 Å². The molecule has 1 heterocycles. The van der Waals surface area contributed by atoms with Crippen molar-refractivity contribution in [2.75, 3.05) is 6.61 Å². The standard InChI is InChI=1S/C20H28N2O4/c23-12-8-4-2-1-3-5-11-19(24)22-18(20(25)26)13-15-14-21-17-10-7-6-9-16(15)17/h6-7,9-10,14,18,21,23H,1-5,8,11-13H2,(H,22,24)(H,25,26)/t18-/m0/s1. The van der Waals surface area contributed by atoms with E-state index >= 15 is 0 Å². The number of aromatic nitrogens is 1. The van der Waals surface area contributed by atoms with Crippen molar-refractivity contribution in [1.29, 1.82) is 0 Å². The largest absolute Gasteiger partial charge is 0.480 e. The summed E-state index contributed by atoms with van der Waals surface area (Å²) in [4.78, 5) is 26.7. The highest BCUT2D eigenvalue weighted by Gasteiger charge is 2.21. The van der Waals surface area contributed by atoms with Crippen molar-refractivity contribution in [3.63, 3.8) is 0 Å². The third-order valence-electron chi connectivity index (χ3n) is 4.54. The summed E-state index contributed by atoms with van der Waals surface area (Å²) in [6.45, 7) is 0.232. The van der Waals surface area contributed by atoms with Crippen molar-refractivity contribution in [3.05, 3.63) is 36.0 Å². The lowest BCUT2D eigenvalue weighted by molar-refractivity contribution is -0.141. The molecule has 2 aromatic rings. The van der Waals surface area contributed by atoms with Gasteiger partial charge in [-0.15, -0.1) is 0 Å². The van der Waals surface area contributed by atoms with Crippen LogP contribution >= 0.6 is 0 Å². The Morgan fingerprint density at radius 2 is 1.73 bits per heavy atom. The van der Waals surface area contributed by atoms with Gasteiger partial charge in [-0.05, 0) is 24.5 Å². The van der Waals surface area contributed by atoms with E-state index in [0.717, 1.165) is 55.0 Å². The molecule has 1 atom stereocenters. The van der Waals surface area contributed by atoms with Crippen molar-refractivity contribution >= 4 is 22.8 Å². The first-order valence-electron chi connectivity index (χ1n) is 9.30. The number of hydrogen-bond donors (Lipinski definition) is 4. The van der Waals surface area contributed by atoms with Crippen molar-refractivity contribution in [2.45, 2.75) is 57.4 Å². The van der Waals surface area contributed by atoms with E-state index in [9.17, 15) is 14.7 Å². The number of para-hydroxylation sites is 1. The lowest BCUT2D eigenvalue weighted by Crippen LogP contribution is -2.42. The quantitative estimate of drug-likeness (QED) is 0.437. The first kappa shape index (κ1) is 20.0. The number of aliphatic carboxylic acids is 1. The molecule has 2 rings (SSSR count). The topological polar surface area (TPSA) is 102 Å². The molecule has 0 saturated carbocycles. The van der Waals surface area contributed by atoms with Crippen molar-refractivity contribution in [3.8, 4) is 0 Å². The second-order valence-corrected chi connectivity index (χ2v) is 6.62. The van der Waals surface area contributed by atoms with Gasteiger partial charge in [0.25, 0.3) is 0 Å². The minimum absolute atomic E-state index is 0.215. The van der Waals surface area contributed by atoms with E-state index in [0.29, 0.717) is 6.42 Å². The van der Waals surface area contributed by atoms with Gasteiger partial charge in [-0.1, -0.05) is 43.9 Å². The molecular formula is C20H28N2O4. The average molecular weight is 360 g/mol. The van der Waals surface area contributed by atoms with Crippen LogP contribution in [0.1, 0.15) is 50.5 Å². The molecule has 0 aliphatic rings. The molecule has 26 heavy (non-hydrogen) atoms. The predicted molar refractivity (Wildman–Crippen MR) is 101 cm³/mol. The van der Waals surface area contributed by atoms with Crippen LogP contribution in [-0.2, 0) is 16.0 Å². The number of carboxylic acid groups (broad SMARTS) is 1. The van der Waals surface area contributed by atoms with E-state index < -0.39 is 12.0 Å². The van der Waals surface area contributed by atoms with Crippen LogP contribution in [0.3, 0.4) is 0 Å². The molecular weight excluding hydrogens is 332 g/mol. The molecule has 0 unspecified atom stereocenters. The summed E-state index contributed by atoms with van der Waals surface area (Å²) >= 11 is 0. The Balaban J connectivity index is 1.79. The number of aliphatic hydroxyl groups is 1. The zero-order chi connectivity index (χ0) is 18.8. The lowest BCUT2D eigenvalue weighted by Gasteiger charge is -2.14. The Hall–Kier alpha value is -2.34. The average Bonchev–Trinajstić information content (AvgIpc) is 3.03. The molecule has 1 aromatic heterocycles. The predicted octanol–water partition coefficient (Wildman–Crippen LogP) is 3.00. The molecule has 1 amide bonds. The molecule has 4 N–H and O–H groups in total. The van der Waals surface area contributed by atoms with Crippen molar-refractivity contribution in [1.82, 2.24) is 10.3 Å². The number of nitrogens with one attached hydrogen (secondary N) is 2. The highest BCUT2D eigenvalue weighted by Crippen LogP contribution is 2.19. The summed E-state index contributed by atoms with van der Waals surface area (Å²) in [6.07, 6.45) is 8.03. The first-order chi connectivity index (χ1) is 12.6. The Morgan fingerprint density at radius 1 is 1.04 bits per heavy atom. The summed E-state index contributed by atoms with van der Waals surface area (Å²) in [5, 5.41) is 21.8. The van der Waals surface area contributed by atoms with Crippen LogP contribution in [0.4, 0.5) is 0 Å². The molecule has 0 saturated heterocycles. The molecule has 6 nitrogen and oxygen atoms in total. The second-order valence-electron chi connectivity index (χ2n) is 6.62. The van der Waals surface area contributed by atoms with Crippen LogP contribution in [0, 0.1) is 0 Å². The maximum absolute atomic E-state index is 12.1. The van der Waals surface area contributed by atoms with Crippen molar-refractivity contribution in [2.24, 2.45) is 0 Å². The maximum Gasteiger partial charge on any atom is 0.326 e. The first-order valence-corrected chi connectivity index (χ1v) is 9.30. The Morgan fingerprint density at radius 3 is 2.46 bits per heavy atom. The number of carboxylic acids is 1. The van der Waals surface area contributed by atoms with Crippen LogP contribution < -0.4 is 5.32 Å². The summed E-state index contributed by atoms with van der Waals surface area (Å²) in [6, 6.07) is 6.79. The van der Waals surface area contributed by atoms with Gasteiger partial charge in [-0.2, -0.15) is 0 Å². The number of benzene rings is 1. The van der Waals surface area contributed by atoms with Crippen LogP contribution in [-0.4, -0.2) is 39.7 Å². The fraction of sp³-hybridized carbons (Fsp3) is 0.500. The summed E-state index contributed by atoms with van der Waals surface area (Å²) < 4.78 is 0. The minimum atomic E-state index is -1.02. The third-order valence-corrected chi connectivity index (χ3v) is 4.54. The van der Waals surface area contributed by atoms with E-state index in [1.807, 2.05) is 24.3 Å². The molecule has 0 spiro atoms. The number of H-pyrrole nitrogens is 1. The number of aliphatic hydroxyl groups excluding tert-OH is 1. The molecule has 0 bridgehead atoms. The van der Waals surface area contributed by atoms with E-state index in [1.165, 1.54) is 0 Å². The number of carbonyl (C=O) groups is 2. The third kappa shape index (κ3) is 6.19. The lowest BCUT2D eigenvalue weighted by atomic mass is 10.0. The number of rotatable bonds is 12. The van der Waals surface area contributed by atoms with E-state index in [2.05, 4.69) is 10.3 Å². The maximum atomic E-state index is 12.1. The van der Waals surface area contributed by atoms with Crippen LogP contribution in [0.15, 0.2) is 30.5 Å². The number of unbranched alkanes of at least 4 members (excludes halogenated alkanes) is 5. The number of hydrogen-bond acceptors (Lipinski definition) is 3. The SMILES string of the molecule is O=C(CCCCCCCCO)N[C@@H](Cc1c[nH]c2ccccc12)C(=O)O. The van der Waals surface area contributed by atoms with Crippen molar-refractivity contribution < 1.29 is 19.8 Å². The summed E-state index contributed by atoms with van der Waals surface area (Å²) in [5.41, 5.74) is 1.84. The molecule has 0 aliphatic heterocycles. The zero-order valence-electron chi connectivity index (χ0n) is 15.0. The van der Waals surface area contributed by atoms with Gasteiger partial charge in [0.2, 0.25) is 5.91 Å². The van der Waals surface area contributed by atoms with Gasteiger partial charge in [0, 0.05) is 36.5 Å². The van der Waals surface area contributed by atoms with Gasteiger partial charge >= 0.3 is 5.97 Å². The number of fused-ring (bicyclic) bond motifs is 1. The van der Waals surface area contributed by atoms with E-state index in [4.69, 9.17) is 5.11 Å². The second kappa shape index (κ2) is 10.6. The number of amides is 1. The normalized spacial score (nSPS) is 12.2. The molecule has 1 aromatic carbocycles. The summed E-state index contributed by atoms with van der Waals surface area (Å²) in [7, 11) is 0. The highest BCUT2D eigenvalue weighted by molar-refractivity contribution is 5.86. The fourth-order valence-electron chi connectivity index (χ4n) is 3.09. The van der Waals surface area contributed by atoms with Gasteiger partial charge in [0.1, 0.15) is 6.04 Å². The van der Waals surface area contributed by atoms with Gasteiger partial charge in [-0.3, -0.25) is 4.79 Å². The van der Waals surface area contributed by atoms with Crippen LogP contribution in [0.5, 0.6) is 0 Å². The smallest absolute Gasteiger partial charge is 0.326 e. The van der Waals surface area contributed by atoms with Gasteiger partial charge < -0.3 is 20.5 Å². The van der Waals surface area contributed by atoms with Gasteiger partial charge in [0.05, 0.1) is 0 Å². The van der Waals surface area contributed by atoms with Gasteiger partial charge in [-0.25, -0.2) is 4.79 Å². The summed E-state index contributed by atoms with van der Waals surface area (Å²) in [5.74, 6) is -1.24. The minimum Gasteiger partial charge on any atom is -0.480 e. The Kier molecular flexibility index (Phi) is 8.15. The zero-order valence-corrected chi connectivity index (χ0v) is 15.0. The molecule has 0 radical (unpaired) electrons. The Labute approximate surface area is 153 Å². The molecule has 142 valence electrons. The number of aromatic amines is 1. The number of carbonyl (C=O) groups excluding carboxylic acids is 1. The van der Waals surface area contributed by atoms with E-state index in [1.54, 1.807) is 6.20 Å².